The van der Waals surface area contributed by atoms with Gasteiger partial charge in [-0.3, -0.25) is 9.59 Å². The number of hydrogen-bond acceptors (Lipinski definition) is 2. The van der Waals surface area contributed by atoms with Crippen LogP contribution in [0.5, 0.6) is 0 Å². The number of pyridine rings is 1. The van der Waals surface area contributed by atoms with Crippen molar-refractivity contribution in [3.63, 3.8) is 0 Å². The van der Waals surface area contributed by atoms with Gasteiger partial charge in [0.05, 0.1) is 5.52 Å². The van der Waals surface area contributed by atoms with E-state index in [9.17, 15) is 9.59 Å². The molecule has 1 N–H and O–H groups in total. The highest BCUT2D eigenvalue weighted by Gasteiger charge is 2.10. The summed E-state index contributed by atoms with van der Waals surface area (Å²) in [6, 6.07) is 19.2. The fourth-order valence-electron chi connectivity index (χ4n) is 2.97. The topological polar surface area (TPSA) is 51.1 Å². The molecule has 1 heterocycles. The number of aromatic nitrogens is 1. The normalized spacial score (nSPS) is 12.0. The highest BCUT2D eigenvalue weighted by atomic mass is 16.2. The van der Waals surface area contributed by atoms with Crippen LogP contribution >= 0.6 is 0 Å². The van der Waals surface area contributed by atoms with Crippen LogP contribution in [0, 0.1) is 0 Å². The average Bonchev–Trinajstić information content (AvgIpc) is 2.63. The third-order valence-electron chi connectivity index (χ3n) is 4.31. The van der Waals surface area contributed by atoms with Gasteiger partial charge in [-0.25, -0.2) is 0 Å². The summed E-state index contributed by atoms with van der Waals surface area (Å²) in [6.07, 6.45) is 3.50. The quantitative estimate of drug-likeness (QED) is 0.753. The van der Waals surface area contributed by atoms with Crippen LogP contribution in [0.1, 0.15) is 18.9 Å². The molecular weight excluding hydrogens is 312 g/mol. The number of nitrogens with zero attached hydrogens (tertiary/aromatic N) is 1. The number of aryl methyl sites for hydroxylation is 1. The lowest BCUT2D eigenvalue weighted by Gasteiger charge is -2.16. The fourth-order valence-corrected chi connectivity index (χ4v) is 2.97. The molecule has 0 radical (unpaired) electrons. The van der Waals surface area contributed by atoms with E-state index in [0.29, 0.717) is 5.39 Å². The predicted octanol–water partition coefficient (Wildman–Crippen LogP) is 3.14. The van der Waals surface area contributed by atoms with Crippen LogP contribution in [0.2, 0.25) is 0 Å². The molecule has 25 heavy (non-hydrogen) atoms. The lowest BCUT2D eigenvalue weighted by atomic mass is 10.1. The smallest absolute Gasteiger partial charge is 0.240 e. The molecular formula is C21H22N2O2. The fraction of sp³-hybridized carbons (Fsp3) is 0.238. The van der Waals surface area contributed by atoms with E-state index in [1.807, 2.05) is 47.9 Å². The Hall–Kier alpha value is -2.88. The summed E-state index contributed by atoms with van der Waals surface area (Å²) in [5.74, 6) is -0.0469. The monoisotopic (exact) mass is 334 g/mol. The Balaban J connectivity index is 1.61. The summed E-state index contributed by atoms with van der Waals surface area (Å²) >= 11 is 0. The molecule has 0 spiro atoms. The van der Waals surface area contributed by atoms with E-state index >= 15 is 0 Å². The van der Waals surface area contributed by atoms with Gasteiger partial charge in [0.2, 0.25) is 5.91 Å². The maximum Gasteiger partial charge on any atom is 0.240 e. The predicted molar refractivity (Wildman–Crippen MR) is 101 cm³/mol. The molecule has 0 aliphatic rings. The Bertz CT molecular complexity index is 916. The summed E-state index contributed by atoms with van der Waals surface area (Å²) in [5, 5.41) is 3.67. The first-order valence-electron chi connectivity index (χ1n) is 8.55. The molecule has 3 aromatic rings. The van der Waals surface area contributed by atoms with E-state index in [4.69, 9.17) is 0 Å². The molecule has 0 fully saturated rings. The van der Waals surface area contributed by atoms with Crippen molar-refractivity contribution < 1.29 is 4.79 Å². The van der Waals surface area contributed by atoms with E-state index in [2.05, 4.69) is 17.4 Å². The molecule has 1 unspecified atom stereocenters. The zero-order valence-corrected chi connectivity index (χ0v) is 14.3. The van der Waals surface area contributed by atoms with Crippen LogP contribution in [0.3, 0.4) is 0 Å². The van der Waals surface area contributed by atoms with Crippen LogP contribution in [-0.2, 0) is 17.8 Å². The standard InChI is InChI=1S/C21H22N2O2/c1-16(11-12-17-7-3-2-4-8-17)22-21(25)15-23-14-13-20(24)18-9-5-6-10-19(18)23/h2-10,13-14,16H,11-12,15H2,1H3,(H,22,25). The molecule has 0 bridgehead atoms. The Morgan fingerprint density at radius 1 is 1.04 bits per heavy atom. The molecule has 2 aromatic carbocycles. The first-order chi connectivity index (χ1) is 12.1. The number of benzene rings is 2. The number of para-hydroxylation sites is 1. The largest absolute Gasteiger partial charge is 0.352 e. The number of rotatable bonds is 6. The maximum atomic E-state index is 12.4. The number of fused-ring (bicyclic) bond motifs is 1. The highest BCUT2D eigenvalue weighted by molar-refractivity contribution is 5.82. The van der Waals surface area contributed by atoms with Crippen LogP contribution in [0.4, 0.5) is 0 Å². The van der Waals surface area contributed by atoms with Crippen molar-refractivity contribution in [1.29, 1.82) is 0 Å². The second kappa shape index (κ2) is 7.79. The summed E-state index contributed by atoms with van der Waals surface area (Å²) in [5.41, 5.74) is 2.03. The Labute approximate surface area is 147 Å². The lowest BCUT2D eigenvalue weighted by Crippen LogP contribution is -2.35. The van der Waals surface area contributed by atoms with Crippen LogP contribution in [0.25, 0.3) is 10.9 Å². The second-order valence-corrected chi connectivity index (χ2v) is 6.32. The SMILES string of the molecule is CC(CCc1ccccc1)NC(=O)Cn1ccc(=O)c2ccccc21. The van der Waals surface area contributed by atoms with Gasteiger partial charge in [0.1, 0.15) is 6.54 Å². The van der Waals surface area contributed by atoms with Gasteiger partial charge in [-0.05, 0) is 37.5 Å². The minimum atomic E-state index is -0.0469. The lowest BCUT2D eigenvalue weighted by molar-refractivity contribution is -0.122. The highest BCUT2D eigenvalue weighted by Crippen LogP contribution is 2.09. The van der Waals surface area contributed by atoms with Gasteiger partial charge in [0.25, 0.3) is 0 Å². The van der Waals surface area contributed by atoms with Gasteiger partial charge in [0.15, 0.2) is 5.43 Å². The van der Waals surface area contributed by atoms with E-state index in [1.54, 1.807) is 12.3 Å². The summed E-state index contributed by atoms with van der Waals surface area (Å²) < 4.78 is 1.82. The minimum absolute atomic E-state index is 0.0245. The third kappa shape index (κ3) is 4.35. The van der Waals surface area contributed by atoms with Gasteiger partial charge >= 0.3 is 0 Å². The van der Waals surface area contributed by atoms with E-state index < -0.39 is 0 Å². The van der Waals surface area contributed by atoms with Crippen molar-refractivity contribution in [2.24, 2.45) is 0 Å². The van der Waals surface area contributed by atoms with Crippen molar-refractivity contribution in [2.45, 2.75) is 32.4 Å². The van der Waals surface area contributed by atoms with Gasteiger partial charge in [0, 0.05) is 23.7 Å². The molecule has 0 aliphatic heterocycles. The summed E-state index contributed by atoms with van der Waals surface area (Å²) in [7, 11) is 0. The number of carbonyl (C=O) groups is 1. The molecule has 1 amide bonds. The number of hydrogen-bond donors (Lipinski definition) is 1. The molecule has 4 heteroatoms. The Morgan fingerprint density at radius 3 is 2.56 bits per heavy atom. The van der Waals surface area contributed by atoms with Crippen LogP contribution in [0.15, 0.2) is 71.7 Å². The first kappa shape index (κ1) is 17.0. The van der Waals surface area contributed by atoms with Crippen molar-refractivity contribution in [2.75, 3.05) is 0 Å². The number of amides is 1. The second-order valence-electron chi connectivity index (χ2n) is 6.32. The van der Waals surface area contributed by atoms with Gasteiger partial charge < -0.3 is 9.88 Å². The zero-order chi connectivity index (χ0) is 17.6. The number of carbonyl (C=O) groups excluding carboxylic acids is 1. The molecule has 4 nitrogen and oxygen atoms in total. The van der Waals surface area contributed by atoms with Crippen molar-refractivity contribution >= 4 is 16.8 Å². The zero-order valence-electron chi connectivity index (χ0n) is 14.3. The third-order valence-corrected chi connectivity index (χ3v) is 4.31. The van der Waals surface area contributed by atoms with Crippen molar-refractivity contribution in [1.82, 2.24) is 9.88 Å². The molecule has 0 saturated heterocycles. The molecule has 3 rings (SSSR count). The maximum absolute atomic E-state index is 12.4. The van der Waals surface area contributed by atoms with Crippen molar-refractivity contribution in [3.8, 4) is 0 Å². The van der Waals surface area contributed by atoms with Gasteiger partial charge in [-0.2, -0.15) is 0 Å². The molecule has 0 saturated carbocycles. The summed E-state index contributed by atoms with van der Waals surface area (Å²) in [6.45, 7) is 2.22. The van der Waals surface area contributed by atoms with E-state index in [0.717, 1.165) is 18.4 Å². The van der Waals surface area contributed by atoms with Crippen LogP contribution in [-0.4, -0.2) is 16.5 Å². The minimum Gasteiger partial charge on any atom is -0.352 e. The van der Waals surface area contributed by atoms with Crippen LogP contribution < -0.4 is 10.7 Å². The average molecular weight is 334 g/mol. The number of nitrogens with one attached hydrogen (secondary N) is 1. The first-order valence-corrected chi connectivity index (χ1v) is 8.55. The molecule has 128 valence electrons. The molecule has 1 aromatic heterocycles. The van der Waals surface area contributed by atoms with Crippen molar-refractivity contribution in [3.05, 3.63) is 82.6 Å². The summed E-state index contributed by atoms with van der Waals surface area (Å²) in [4.78, 5) is 24.3. The Kier molecular flexibility index (Phi) is 5.29. The van der Waals surface area contributed by atoms with Gasteiger partial charge in [-0.1, -0.05) is 42.5 Å². The van der Waals surface area contributed by atoms with Gasteiger partial charge in [-0.15, -0.1) is 0 Å². The van der Waals surface area contributed by atoms with E-state index in [-0.39, 0.29) is 23.9 Å². The Morgan fingerprint density at radius 2 is 1.76 bits per heavy atom. The van der Waals surface area contributed by atoms with E-state index in [1.165, 1.54) is 11.6 Å². The molecule has 1 atom stereocenters. The molecule has 0 aliphatic carbocycles.